The van der Waals surface area contributed by atoms with Gasteiger partial charge in [0, 0.05) is 48.5 Å². The highest BCUT2D eigenvalue weighted by Crippen LogP contribution is 2.31. The van der Waals surface area contributed by atoms with Crippen LogP contribution in [0, 0.1) is 17.5 Å². The Labute approximate surface area is 192 Å². The first-order valence-electron chi connectivity index (χ1n) is 10.9. The number of hydrogen-bond donors (Lipinski definition) is 3. The summed E-state index contributed by atoms with van der Waals surface area (Å²) in [5.41, 5.74) is 0.874. The summed E-state index contributed by atoms with van der Waals surface area (Å²) in [5.74, 6) is -2.63. The topological polar surface area (TPSA) is 101 Å². The van der Waals surface area contributed by atoms with Gasteiger partial charge in [0.1, 0.15) is 22.9 Å². The van der Waals surface area contributed by atoms with Crippen molar-refractivity contribution in [2.75, 3.05) is 5.32 Å². The number of amides is 1. The van der Waals surface area contributed by atoms with Crippen molar-refractivity contribution in [3.8, 4) is 11.3 Å². The van der Waals surface area contributed by atoms with E-state index in [1.165, 1.54) is 12.3 Å². The van der Waals surface area contributed by atoms with E-state index in [4.69, 9.17) is 0 Å². The Bertz CT molecular complexity index is 1370. The average Bonchev–Trinajstić information content (AvgIpc) is 3.42. The molecule has 8 nitrogen and oxygen atoms in total. The molecule has 5 rings (SSSR count). The Morgan fingerprint density at radius 3 is 2.76 bits per heavy atom. The number of carbonyl (C=O) groups is 1. The molecule has 34 heavy (non-hydrogen) atoms. The SMILES string of the molecule is Cn1cnc(C(=O)N[C@@H]2CCCC(Nc3nc(-c4c[nH]c5ncc(F)cc45)c(F)cc3F)C2)c1. The molecule has 176 valence electrons. The summed E-state index contributed by atoms with van der Waals surface area (Å²) in [6.45, 7) is 0. The van der Waals surface area contributed by atoms with E-state index in [0.29, 0.717) is 23.1 Å². The third kappa shape index (κ3) is 4.33. The normalized spacial score (nSPS) is 18.2. The molecule has 0 radical (unpaired) electrons. The van der Waals surface area contributed by atoms with Crippen LogP contribution in [0.4, 0.5) is 19.0 Å². The van der Waals surface area contributed by atoms with Gasteiger partial charge in [0.25, 0.3) is 5.91 Å². The zero-order chi connectivity index (χ0) is 23.8. The van der Waals surface area contributed by atoms with Crippen molar-refractivity contribution in [1.82, 2.24) is 29.8 Å². The van der Waals surface area contributed by atoms with E-state index < -0.39 is 17.5 Å². The maximum atomic E-state index is 14.7. The molecule has 0 spiro atoms. The first-order valence-corrected chi connectivity index (χ1v) is 10.9. The predicted molar refractivity (Wildman–Crippen MR) is 120 cm³/mol. The van der Waals surface area contributed by atoms with Gasteiger partial charge in [-0.25, -0.2) is 28.1 Å². The highest BCUT2D eigenvalue weighted by Gasteiger charge is 2.26. The molecular weight excluding hydrogens is 447 g/mol. The van der Waals surface area contributed by atoms with Gasteiger partial charge in [0.05, 0.1) is 12.5 Å². The van der Waals surface area contributed by atoms with Gasteiger partial charge in [-0.3, -0.25) is 4.79 Å². The summed E-state index contributed by atoms with van der Waals surface area (Å²) in [6, 6.07) is 1.69. The summed E-state index contributed by atoms with van der Waals surface area (Å²) in [7, 11) is 1.78. The molecule has 11 heteroatoms. The Morgan fingerprint density at radius 1 is 1.15 bits per heavy atom. The molecule has 0 bridgehead atoms. The maximum Gasteiger partial charge on any atom is 0.271 e. The summed E-state index contributed by atoms with van der Waals surface area (Å²) in [4.78, 5) is 27.5. The lowest BCUT2D eigenvalue weighted by Gasteiger charge is -2.30. The average molecular weight is 469 g/mol. The number of aryl methyl sites for hydroxylation is 1. The highest BCUT2D eigenvalue weighted by atomic mass is 19.1. The Balaban J connectivity index is 1.35. The molecule has 1 amide bonds. The smallest absolute Gasteiger partial charge is 0.271 e. The number of aromatic amines is 1. The molecular formula is C23H22F3N7O. The number of halogens is 3. The lowest BCUT2D eigenvalue weighted by atomic mass is 9.91. The minimum atomic E-state index is -0.864. The molecule has 1 fully saturated rings. The number of rotatable bonds is 5. The zero-order valence-electron chi connectivity index (χ0n) is 18.3. The van der Waals surface area contributed by atoms with Crippen LogP contribution in [0.25, 0.3) is 22.3 Å². The first-order chi connectivity index (χ1) is 16.4. The van der Waals surface area contributed by atoms with Crippen molar-refractivity contribution in [2.45, 2.75) is 37.8 Å². The monoisotopic (exact) mass is 469 g/mol. The van der Waals surface area contributed by atoms with Gasteiger partial charge < -0.3 is 20.2 Å². The van der Waals surface area contributed by atoms with Gasteiger partial charge in [-0.2, -0.15) is 0 Å². The van der Waals surface area contributed by atoms with Crippen molar-refractivity contribution in [3.05, 3.63) is 60.2 Å². The standard InChI is InChI=1S/C23H22F3N7O/c1-33-10-19(29-11-33)23(34)31-14-4-2-3-13(6-14)30-22-18(26)7-17(25)20(32-22)16-9-28-21-15(16)5-12(24)8-27-21/h5,7-11,13-14H,2-4,6H2,1H3,(H,27,28)(H,30,32)(H,31,34)/t13?,14-/m1/s1. The molecule has 0 saturated heterocycles. The summed E-state index contributed by atoms with van der Waals surface area (Å²) >= 11 is 0. The fourth-order valence-corrected chi connectivity index (χ4v) is 4.37. The van der Waals surface area contributed by atoms with E-state index >= 15 is 0 Å². The molecule has 4 aromatic heterocycles. The third-order valence-corrected chi connectivity index (χ3v) is 5.97. The number of anilines is 1. The second-order valence-corrected chi connectivity index (χ2v) is 8.50. The van der Waals surface area contributed by atoms with E-state index in [-0.39, 0.29) is 35.1 Å². The van der Waals surface area contributed by atoms with Crippen molar-refractivity contribution in [2.24, 2.45) is 7.05 Å². The number of carbonyl (C=O) groups excluding carboxylic acids is 1. The summed E-state index contributed by atoms with van der Waals surface area (Å²) in [6.07, 6.45) is 8.60. The Kier molecular flexibility index (Phi) is 5.68. The lowest BCUT2D eigenvalue weighted by Crippen LogP contribution is -2.42. The van der Waals surface area contributed by atoms with Crippen LogP contribution in [0.3, 0.4) is 0 Å². The van der Waals surface area contributed by atoms with Crippen LogP contribution < -0.4 is 10.6 Å². The molecule has 1 aliphatic rings. The van der Waals surface area contributed by atoms with Crippen LogP contribution in [-0.4, -0.2) is 42.5 Å². The van der Waals surface area contributed by atoms with Crippen LogP contribution in [0.1, 0.15) is 36.2 Å². The van der Waals surface area contributed by atoms with Crippen LogP contribution in [0.5, 0.6) is 0 Å². The molecule has 0 aromatic carbocycles. The highest BCUT2D eigenvalue weighted by molar-refractivity contribution is 5.93. The number of fused-ring (bicyclic) bond motifs is 1. The van der Waals surface area contributed by atoms with Gasteiger partial charge in [-0.15, -0.1) is 0 Å². The number of nitrogens with zero attached hydrogens (tertiary/aromatic N) is 4. The molecule has 4 aromatic rings. The van der Waals surface area contributed by atoms with Gasteiger partial charge in [-0.1, -0.05) is 0 Å². The number of imidazole rings is 1. The van der Waals surface area contributed by atoms with Crippen LogP contribution in [-0.2, 0) is 7.05 Å². The summed E-state index contributed by atoms with van der Waals surface area (Å²) < 4.78 is 44.7. The maximum absolute atomic E-state index is 14.7. The Hall–Kier alpha value is -3.89. The minimum absolute atomic E-state index is 0.100. The predicted octanol–water partition coefficient (Wildman–Crippen LogP) is 3.93. The van der Waals surface area contributed by atoms with Crippen molar-refractivity contribution >= 4 is 22.8 Å². The number of aromatic nitrogens is 5. The molecule has 3 N–H and O–H groups in total. The van der Waals surface area contributed by atoms with E-state index in [9.17, 15) is 18.0 Å². The van der Waals surface area contributed by atoms with Crippen LogP contribution >= 0.6 is 0 Å². The first kappa shape index (κ1) is 21.9. The molecule has 1 unspecified atom stereocenters. The van der Waals surface area contributed by atoms with Gasteiger partial charge >= 0.3 is 0 Å². The number of H-pyrrole nitrogens is 1. The fraction of sp³-hybridized carbons (Fsp3) is 0.304. The van der Waals surface area contributed by atoms with E-state index in [1.54, 1.807) is 24.1 Å². The number of pyridine rings is 2. The van der Waals surface area contributed by atoms with Crippen molar-refractivity contribution in [1.29, 1.82) is 0 Å². The summed E-state index contributed by atoms with van der Waals surface area (Å²) in [5, 5.41) is 6.38. The molecule has 2 atom stereocenters. The molecule has 0 aliphatic heterocycles. The van der Waals surface area contributed by atoms with Crippen LogP contribution in [0.2, 0.25) is 0 Å². The fourth-order valence-electron chi connectivity index (χ4n) is 4.37. The van der Waals surface area contributed by atoms with Crippen molar-refractivity contribution < 1.29 is 18.0 Å². The molecule has 1 saturated carbocycles. The van der Waals surface area contributed by atoms with E-state index in [2.05, 4.69) is 30.6 Å². The van der Waals surface area contributed by atoms with Gasteiger partial charge in [0.2, 0.25) is 0 Å². The third-order valence-electron chi connectivity index (χ3n) is 5.97. The number of hydrogen-bond acceptors (Lipinski definition) is 5. The van der Waals surface area contributed by atoms with E-state index in [1.807, 2.05) is 0 Å². The lowest BCUT2D eigenvalue weighted by molar-refractivity contribution is 0.0921. The van der Waals surface area contributed by atoms with Crippen molar-refractivity contribution in [3.63, 3.8) is 0 Å². The van der Waals surface area contributed by atoms with Crippen LogP contribution in [0.15, 0.2) is 37.1 Å². The Morgan fingerprint density at radius 2 is 1.97 bits per heavy atom. The number of nitrogens with one attached hydrogen (secondary N) is 3. The second kappa shape index (κ2) is 8.81. The van der Waals surface area contributed by atoms with Gasteiger partial charge in [0.15, 0.2) is 17.5 Å². The quantitative estimate of drug-likeness (QED) is 0.411. The zero-order valence-corrected chi connectivity index (χ0v) is 18.3. The largest absolute Gasteiger partial charge is 0.365 e. The van der Waals surface area contributed by atoms with Gasteiger partial charge in [-0.05, 0) is 31.7 Å². The van der Waals surface area contributed by atoms with E-state index in [0.717, 1.165) is 31.5 Å². The minimum Gasteiger partial charge on any atom is -0.365 e. The second-order valence-electron chi connectivity index (χ2n) is 8.50. The molecule has 4 heterocycles. The molecule has 1 aliphatic carbocycles.